The molecule has 0 fully saturated rings. The van der Waals surface area contributed by atoms with E-state index in [2.05, 4.69) is 4.98 Å². The number of nitrogens with zero attached hydrogens (tertiary/aromatic N) is 2. The van der Waals surface area contributed by atoms with Crippen molar-refractivity contribution in [1.29, 1.82) is 0 Å². The fourth-order valence-electron chi connectivity index (χ4n) is 3.02. The maximum Gasteiger partial charge on any atom is 0.416 e. The predicted octanol–water partition coefficient (Wildman–Crippen LogP) is 4.80. The first-order valence-electron chi connectivity index (χ1n) is 8.36. The van der Waals surface area contributed by atoms with Crippen molar-refractivity contribution in [2.45, 2.75) is 31.1 Å². The van der Waals surface area contributed by atoms with Gasteiger partial charge in [-0.05, 0) is 36.6 Å². The van der Waals surface area contributed by atoms with Crippen molar-refractivity contribution in [3.8, 4) is 11.5 Å². The van der Waals surface area contributed by atoms with Gasteiger partial charge in [-0.1, -0.05) is 35.0 Å². The number of aromatic nitrogens is 1. The minimum absolute atomic E-state index is 0.00739. The molecule has 0 atom stereocenters. The van der Waals surface area contributed by atoms with Crippen LogP contribution in [0.1, 0.15) is 22.4 Å². The van der Waals surface area contributed by atoms with Gasteiger partial charge in [-0.3, -0.25) is 4.79 Å². The van der Waals surface area contributed by atoms with Crippen LogP contribution in [0.4, 0.5) is 13.2 Å². The number of phenolic OH excluding ortho intramolecular Hbond substituents is 2. The number of halogens is 5. The summed E-state index contributed by atoms with van der Waals surface area (Å²) in [5.41, 5.74) is 0.380. The minimum Gasteiger partial charge on any atom is -0.503 e. The standard InChI is InChI=1S/C18H15Cl2F3N2O3S/c1-8-4-9(18(21,22)23)5-12(24-8)29-7-13(26)25-3-2-10-11(6-25)15(20)17(28)16(27)14(10)19/h4-5,27-28H,2-3,6-7H2,1H3. The molecule has 2 heterocycles. The van der Waals surface area contributed by atoms with Gasteiger partial charge in [0, 0.05) is 18.8 Å². The van der Waals surface area contributed by atoms with Gasteiger partial charge in [0.05, 0.1) is 26.4 Å². The van der Waals surface area contributed by atoms with Gasteiger partial charge in [-0.15, -0.1) is 0 Å². The molecule has 0 unspecified atom stereocenters. The van der Waals surface area contributed by atoms with Crippen molar-refractivity contribution in [1.82, 2.24) is 9.88 Å². The lowest BCUT2D eigenvalue weighted by Gasteiger charge is -2.30. The van der Waals surface area contributed by atoms with Crippen molar-refractivity contribution in [3.05, 3.63) is 44.6 Å². The topological polar surface area (TPSA) is 73.7 Å². The van der Waals surface area contributed by atoms with Gasteiger partial charge in [0.15, 0.2) is 11.5 Å². The summed E-state index contributed by atoms with van der Waals surface area (Å²) in [4.78, 5) is 18.1. The van der Waals surface area contributed by atoms with Gasteiger partial charge in [0.2, 0.25) is 5.91 Å². The molecular weight excluding hydrogens is 452 g/mol. The Kier molecular flexibility index (Phi) is 6.12. The summed E-state index contributed by atoms with van der Waals surface area (Å²) in [6.45, 7) is 1.81. The van der Waals surface area contributed by atoms with E-state index < -0.39 is 23.2 Å². The molecule has 0 radical (unpaired) electrons. The number of hydrogen-bond acceptors (Lipinski definition) is 5. The number of phenols is 2. The highest BCUT2D eigenvalue weighted by Gasteiger charge is 2.32. The number of amides is 1. The summed E-state index contributed by atoms with van der Waals surface area (Å²) in [6.07, 6.45) is -4.17. The van der Waals surface area contributed by atoms with Crippen LogP contribution in [-0.2, 0) is 23.9 Å². The summed E-state index contributed by atoms with van der Waals surface area (Å²) >= 11 is 13.0. The van der Waals surface area contributed by atoms with E-state index in [4.69, 9.17) is 23.2 Å². The number of aromatic hydroxyl groups is 2. The third-order valence-corrected chi connectivity index (χ3v) is 6.18. The number of carbonyl (C=O) groups excluding carboxylic acids is 1. The van der Waals surface area contributed by atoms with Gasteiger partial charge in [-0.25, -0.2) is 4.98 Å². The lowest BCUT2D eigenvalue weighted by Crippen LogP contribution is -2.37. The number of pyridine rings is 1. The highest BCUT2D eigenvalue weighted by molar-refractivity contribution is 7.99. The van der Waals surface area contributed by atoms with E-state index >= 15 is 0 Å². The average Bonchev–Trinajstić information content (AvgIpc) is 2.67. The smallest absolute Gasteiger partial charge is 0.416 e. The lowest BCUT2D eigenvalue weighted by atomic mass is 9.98. The molecule has 1 aromatic heterocycles. The van der Waals surface area contributed by atoms with Gasteiger partial charge in [0.1, 0.15) is 0 Å². The molecule has 2 aromatic rings. The average molecular weight is 467 g/mol. The summed E-state index contributed by atoms with van der Waals surface area (Å²) in [6, 6.07) is 1.86. The highest BCUT2D eigenvalue weighted by Crippen LogP contribution is 2.46. The molecule has 1 aliphatic rings. The first-order valence-corrected chi connectivity index (χ1v) is 10.1. The molecule has 0 spiro atoms. The van der Waals surface area contributed by atoms with E-state index in [0.29, 0.717) is 24.1 Å². The Hall–Kier alpha value is -1.84. The molecule has 11 heteroatoms. The third-order valence-electron chi connectivity index (χ3n) is 4.47. The van der Waals surface area contributed by atoms with Crippen LogP contribution in [0, 0.1) is 6.92 Å². The van der Waals surface area contributed by atoms with Crippen molar-refractivity contribution < 1.29 is 28.2 Å². The van der Waals surface area contributed by atoms with Crippen molar-refractivity contribution >= 4 is 40.9 Å². The number of alkyl halides is 3. The summed E-state index contributed by atoms with van der Waals surface area (Å²) in [5, 5.41) is 19.7. The molecule has 0 saturated heterocycles. The summed E-state index contributed by atoms with van der Waals surface area (Å²) in [5.74, 6) is -1.49. The van der Waals surface area contributed by atoms with Gasteiger partial charge in [0.25, 0.3) is 0 Å². The van der Waals surface area contributed by atoms with Crippen LogP contribution >= 0.6 is 35.0 Å². The fraction of sp³-hybridized carbons (Fsp3) is 0.333. The molecule has 29 heavy (non-hydrogen) atoms. The Morgan fingerprint density at radius 1 is 1.21 bits per heavy atom. The van der Waals surface area contributed by atoms with Crippen LogP contribution in [0.2, 0.25) is 10.0 Å². The summed E-state index contributed by atoms with van der Waals surface area (Å²) < 4.78 is 38.8. The highest BCUT2D eigenvalue weighted by atomic mass is 35.5. The molecule has 1 aliphatic heterocycles. The second-order valence-electron chi connectivity index (χ2n) is 6.47. The first-order chi connectivity index (χ1) is 13.5. The predicted molar refractivity (Wildman–Crippen MR) is 104 cm³/mol. The van der Waals surface area contributed by atoms with Crippen LogP contribution in [0.25, 0.3) is 0 Å². The first kappa shape index (κ1) is 21.9. The normalized spacial score (nSPS) is 14.1. The number of rotatable bonds is 3. The Balaban J connectivity index is 1.73. The minimum atomic E-state index is -4.49. The van der Waals surface area contributed by atoms with E-state index in [1.165, 1.54) is 11.8 Å². The number of thioether (sulfide) groups is 1. The van der Waals surface area contributed by atoms with Crippen LogP contribution in [-0.4, -0.2) is 38.3 Å². The molecule has 3 rings (SSSR count). The molecule has 0 aliphatic carbocycles. The molecule has 1 aromatic carbocycles. The number of hydrogen-bond donors (Lipinski definition) is 2. The zero-order valence-corrected chi connectivity index (χ0v) is 17.3. The molecular formula is C18H15Cl2F3N2O3S. The van der Waals surface area contributed by atoms with Crippen molar-refractivity contribution in [3.63, 3.8) is 0 Å². The Bertz CT molecular complexity index is 986. The monoisotopic (exact) mass is 466 g/mol. The quantitative estimate of drug-likeness (QED) is 0.501. The SMILES string of the molecule is Cc1cc(C(F)(F)F)cc(SCC(=O)N2CCc3c(Cl)c(O)c(O)c(Cl)c3C2)n1. The van der Waals surface area contributed by atoms with Crippen LogP contribution in [0.15, 0.2) is 17.2 Å². The molecule has 1 amide bonds. The van der Waals surface area contributed by atoms with Crippen molar-refractivity contribution in [2.24, 2.45) is 0 Å². The lowest BCUT2D eigenvalue weighted by molar-refractivity contribution is -0.137. The van der Waals surface area contributed by atoms with E-state index in [1.807, 2.05) is 0 Å². The molecule has 5 nitrogen and oxygen atoms in total. The van der Waals surface area contributed by atoms with Crippen LogP contribution in [0.5, 0.6) is 11.5 Å². The number of carbonyl (C=O) groups is 1. The Morgan fingerprint density at radius 3 is 2.45 bits per heavy atom. The molecule has 0 saturated carbocycles. The van der Waals surface area contributed by atoms with Gasteiger partial charge < -0.3 is 15.1 Å². The zero-order chi connectivity index (χ0) is 21.5. The molecule has 0 bridgehead atoms. The number of benzene rings is 1. The van der Waals surface area contributed by atoms with Crippen LogP contribution < -0.4 is 0 Å². The second-order valence-corrected chi connectivity index (χ2v) is 8.22. The largest absolute Gasteiger partial charge is 0.503 e. The Labute approximate surface area is 178 Å². The van der Waals surface area contributed by atoms with E-state index in [9.17, 15) is 28.2 Å². The van der Waals surface area contributed by atoms with Crippen molar-refractivity contribution in [2.75, 3.05) is 12.3 Å². The fourth-order valence-corrected chi connectivity index (χ4v) is 4.45. The van der Waals surface area contributed by atoms with E-state index in [0.717, 1.165) is 23.9 Å². The molecule has 2 N–H and O–H groups in total. The van der Waals surface area contributed by atoms with Crippen LogP contribution in [0.3, 0.4) is 0 Å². The maximum atomic E-state index is 12.9. The maximum absolute atomic E-state index is 12.9. The third kappa shape index (κ3) is 4.51. The second kappa shape index (κ2) is 8.12. The molecule has 156 valence electrons. The van der Waals surface area contributed by atoms with E-state index in [1.54, 1.807) is 0 Å². The van der Waals surface area contributed by atoms with Gasteiger partial charge in [-0.2, -0.15) is 13.2 Å². The van der Waals surface area contributed by atoms with Gasteiger partial charge >= 0.3 is 6.18 Å². The Morgan fingerprint density at radius 2 is 1.83 bits per heavy atom. The number of fused-ring (bicyclic) bond motifs is 1. The summed E-state index contributed by atoms with van der Waals surface area (Å²) in [7, 11) is 0. The zero-order valence-electron chi connectivity index (χ0n) is 15.0. The van der Waals surface area contributed by atoms with E-state index in [-0.39, 0.29) is 39.0 Å². The number of aryl methyl sites for hydroxylation is 1.